The lowest BCUT2D eigenvalue weighted by Gasteiger charge is -2.21. The molecule has 0 radical (unpaired) electrons. The van der Waals surface area contributed by atoms with E-state index in [1.54, 1.807) is 17.0 Å². The van der Waals surface area contributed by atoms with Crippen molar-refractivity contribution in [1.82, 2.24) is 5.32 Å². The number of rotatable bonds is 4. The molecule has 2 atom stereocenters. The van der Waals surface area contributed by atoms with Crippen molar-refractivity contribution in [3.05, 3.63) is 65.0 Å². The largest absolute Gasteiger partial charge is 0.349 e. The van der Waals surface area contributed by atoms with Crippen molar-refractivity contribution >= 4 is 17.5 Å². The smallest absolute Gasteiger partial charge is 0.227 e. The average molecular weight is 354 g/mol. The highest BCUT2D eigenvalue weighted by Crippen LogP contribution is 2.29. The van der Waals surface area contributed by atoms with E-state index < -0.39 is 0 Å². The van der Waals surface area contributed by atoms with Crippen LogP contribution < -0.4 is 10.2 Å². The van der Waals surface area contributed by atoms with Crippen LogP contribution in [-0.2, 0) is 9.59 Å². The first-order valence-corrected chi connectivity index (χ1v) is 8.79. The third-order valence-corrected chi connectivity index (χ3v) is 5.09. The summed E-state index contributed by atoms with van der Waals surface area (Å²) in [7, 11) is 0. The van der Waals surface area contributed by atoms with Crippen LogP contribution >= 0.6 is 0 Å². The molecule has 1 N–H and O–H groups in total. The first-order valence-electron chi connectivity index (χ1n) is 8.79. The zero-order valence-electron chi connectivity index (χ0n) is 15.3. The zero-order chi connectivity index (χ0) is 18.8. The minimum Gasteiger partial charge on any atom is -0.349 e. The minimum atomic E-state index is -0.384. The molecule has 4 nitrogen and oxygen atoms in total. The van der Waals surface area contributed by atoms with Crippen molar-refractivity contribution < 1.29 is 14.0 Å². The Kier molecular flexibility index (Phi) is 5.07. The Bertz CT molecular complexity index is 832. The van der Waals surface area contributed by atoms with Gasteiger partial charge in [0.05, 0.1) is 12.0 Å². The van der Waals surface area contributed by atoms with Crippen LogP contribution in [0.2, 0.25) is 0 Å². The Hall–Kier alpha value is -2.69. The van der Waals surface area contributed by atoms with Gasteiger partial charge < -0.3 is 10.2 Å². The molecule has 2 unspecified atom stereocenters. The van der Waals surface area contributed by atoms with E-state index in [1.807, 2.05) is 39.0 Å². The van der Waals surface area contributed by atoms with Crippen molar-refractivity contribution in [2.75, 3.05) is 11.4 Å². The number of hydrogen-bond acceptors (Lipinski definition) is 2. The maximum atomic E-state index is 13.0. The van der Waals surface area contributed by atoms with Crippen molar-refractivity contribution in [1.29, 1.82) is 0 Å². The fourth-order valence-corrected chi connectivity index (χ4v) is 3.31. The molecule has 0 aliphatic carbocycles. The Morgan fingerprint density at radius 2 is 1.88 bits per heavy atom. The molecule has 1 saturated heterocycles. The maximum absolute atomic E-state index is 13.0. The first kappa shape index (κ1) is 18.1. The van der Waals surface area contributed by atoms with E-state index in [0.29, 0.717) is 6.54 Å². The van der Waals surface area contributed by atoms with Crippen molar-refractivity contribution in [3.63, 3.8) is 0 Å². The molecule has 2 aromatic carbocycles. The third-order valence-electron chi connectivity index (χ3n) is 5.09. The molecule has 5 heteroatoms. The lowest BCUT2D eigenvalue weighted by Crippen LogP contribution is -2.34. The molecule has 1 aliphatic heterocycles. The molecular formula is C21H23FN2O2. The summed E-state index contributed by atoms with van der Waals surface area (Å²) in [4.78, 5) is 26.8. The molecule has 1 aliphatic rings. The van der Waals surface area contributed by atoms with E-state index in [-0.39, 0.29) is 36.0 Å². The molecule has 1 fully saturated rings. The Morgan fingerprint density at radius 1 is 1.19 bits per heavy atom. The summed E-state index contributed by atoms with van der Waals surface area (Å²) in [6.07, 6.45) is 0.204. The molecule has 2 aromatic rings. The van der Waals surface area contributed by atoms with Crippen LogP contribution in [0.4, 0.5) is 10.1 Å². The molecule has 0 spiro atoms. The molecule has 0 saturated carbocycles. The lowest BCUT2D eigenvalue weighted by atomic mass is 10.0. The van der Waals surface area contributed by atoms with Gasteiger partial charge in [0.1, 0.15) is 5.82 Å². The van der Waals surface area contributed by atoms with Gasteiger partial charge in [-0.1, -0.05) is 24.3 Å². The van der Waals surface area contributed by atoms with E-state index in [2.05, 4.69) is 5.32 Å². The summed E-state index contributed by atoms with van der Waals surface area (Å²) in [6.45, 7) is 6.23. The van der Waals surface area contributed by atoms with Crippen LogP contribution in [0.3, 0.4) is 0 Å². The van der Waals surface area contributed by atoms with Crippen LogP contribution in [0, 0.1) is 25.6 Å². The summed E-state index contributed by atoms with van der Waals surface area (Å²) >= 11 is 0. The van der Waals surface area contributed by atoms with Crippen LogP contribution in [0.15, 0.2) is 42.5 Å². The van der Waals surface area contributed by atoms with Gasteiger partial charge in [-0.05, 0) is 55.7 Å². The average Bonchev–Trinajstić information content (AvgIpc) is 2.99. The summed E-state index contributed by atoms with van der Waals surface area (Å²) in [5.74, 6) is -0.876. The van der Waals surface area contributed by atoms with Gasteiger partial charge in [-0.2, -0.15) is 0 Å². The molecule has 3 rings (SSSR count). The van der Waals surface area contributed by atoms with Gasteiger partial charge in [-0.25, -0.2) is 4.39 Å². The van der Waals surface area contributed by atoms with Crippen LogP contribution in [-0.4, -0.2) is 18.4 Å². The number of carbonyl (C=O) groups excluding carboxylic acids is 2. The molecule has 0 bridgehead atoms. The highest BCUT2D eigenvalue weighted by Gasteiger charge is 2.36. The van der Waals surface area contributed by atoms with Crippen molar-refractivity contribution in [2.45, 2.75) is 33.2 Å². The number of nitrogens with zero attached hydrogens (tertiary/aromatic N) is 1. The van der Waals surface area contributed by atoms with Crippen LogP contribution in [0.25, 0.3) is 0 Å². The lowest BCUT2D eigenvalue weighted by molar-refractivity contribution is -0.126. The SMILES string of the molecule is Cc1cccc(N2CC(C(=O)NC(C)c3ccc(F)cc3)CC2=O)c1C. The van der Waals surface area contributed by atoms with Gasteiger partial charge in [-0.3, -0.25) is 9.59 Å². The van der Waals surface area contributed by atoms with E-state index in [4.69, 9.17) is 0 Å². The number of carbonyl (C=O) groups is 2. The molecule has 2 amide bonds. The number of hydrogen-bond donors (Lipinski definition) is 1. The van der Waals surface area contributed by atoms with Gasteiger partial charge in [0.2, 0.25) is 11.8 Å². The number of halogens is 1. The maximum Gasteiger partial charge on any atom is 0.227 e. The van der Waals surface area contributed by atoms with Crippen molar-refractivity contribution in [2.24, 2.45) is 5.92 Å². The molecule has 136 valence electrons. The van der Waals surface area contributed by atoms with E-state index >= 15 is 0 Å². The summed E-state index contributed by atoms with van der Waals surface area (Å²) < 4.78 is 13.0. The topological polar surface area (TPSA) is 49.4 Å². The third kappa shape index (κ3) is 3.62. The van der Waals surface area contributed by atoms with E-state index in [9.17, 15) is 14.0 Å². The van der Waals surface area contributed by atoms with Gasteiger partial charge in [0.15, 0.2) is 0 Å². The normalized spacial score (nSPS) is 18.1. The number of benzene rings is 2. The number of aryl methyl sites for hydroxylation is 1. The van der Waals surface area contributed by atoms with Gasteiger partial charge in [0.25, 0.3) is 0 Å². The summed E-state index contributed by atoms with van der Waals surface area (Å²) in [6, 6.07) is 11.7. The minimum absolute atomic E-state index is 0.0340. The van der Waals surface area contributed by atoms with E-state index in [1.165, 1.54) is 12.1 Å². The zero-order valence-corrected chi connectivity index (χ0v) is 15.3. The molecule has 1 heterocycles. The van der Waals surface area contributed by atoms with Gasteiger partial charge in [-0.15, -0.1) is 0 Å². The Morgan fingerprint density at radius 3 is 2.58 bits per heavy atom. The second-order valence-corrected chi connectivity index (χ2v) is 6.91. The first-order chi connectivity index (χ1) is 12.4. The Labute approximate surface area is 153 Å². The summed E-state index contributed by atoms with van der Waals surface area (Å²) in [5, 5.41) is 2.94. The number of nitrogens with one attached hydrogen (secondary N) is 1. The highest BCUT2D eigenvalue weighted by molar-refractivity contribution is 6.01. The second kappa shape index (κ2) is 7.28. The predicted octanol–water partition coefficient (Wildman–Crippen LogP) is 3.67. The van der Waals surface area contributed by atoms with Crippen LogP contribution in [0.1, 0.15) is 36.1 Å². The van der Waals surface area contributed by atoms with Gasteiger partial charge in [0, 0.05) is 18.7 Å². The summed E-state index contributed by atoms with van der Waals surface area (Å²) in [5.41, 5.74) is 3.88. The van der Waals surface area contributed by atoms with Crippen molar-refractivity contribution in [3.8, 4) is 0 Å². The monoisotopic (exact) mass is 354 g/mol. The predicted molar refractivity (Wildman–Crippen MR) is 99.3 cm³/mol. The molecule has 26 heavy (non-hydrogen) atoms. The fourth-order valence-electron chi connectivity index (χ4n) is 3.31. The standard InChI is InChI=1S/C21H23FN2O2/c1-13-5-4-6-19(14(13)2)24-12-17(11-20(24)25)21(26)23-15(3)16-7-9-18(22)10-8-16/h4-10,15,17H,11-12H2,1-3H3,(H,23,26). The molecular weight excluding hydrogens is 331 g/mol. The quantitative estimate of drug-likeness (QED) is 0.911. The number of anilines is 1. The number of amides is 2. The Balaban J connectivity index is 1.69. The fraction of sp³-hybridized carbons (Fsp3) is 0.333. The van der Waals surface area contributed by atoms with Crippen LogP contribution in [0.5, 0.6) is 0 Å². The second-order valence-electron chi connectivity index (χ2n) is 6.91. The van der Waals surface area contributed by atoms with Gasteiger partial charge >= 0.3 is 0 Å². The highest BCUT2D eigenvalue weighted by atomic mass is 19.1. The van der Waals surface area contributed by atoms with E-state index in [0.717, 1.165) is 22.4 Å². The molecule has 0 aromatic heterocycles.